The highest BCUT2D eigenvalue weighted by Gasteiger charge is 2.22. The molecule has 22 heavy (non-hydrogen) atoms. The first-order valence-electron chi connectivity index (χ1n) is 7.42. The van der Waals surface area contributed by atoms with E-state index in [0.717, 1.165) is 42.9 Å². The van der Waals surface area contributed by atoms with Crippen molar-refractivity contribution in [3.05, 3.63) is 53.1 Å². The summed E-state index contributed by atoms with van der Waals surface area (Å²) in [6.07, 6.45) is 3.76. The predicted octanol–water partition coefficient (Wildman–Crippen LogP) is 4.23. The molecule has 0 N–H and O–H groups in total. The van der Waals surface area contributed by atoms with Crippen LogP contribution in [-0.2, 0) is 0 Å². The molecule has 2 aromatic rings. The van der Waals surface area contributed by atoms with Gasteiger partial charge in [-0.2, -0.15) is 0 Å². The van der Waals surface area contributed by atoms with Crippen molar-refractivity contribution in [2.45, 2.75) is 25.9 Å². The Kier molecular flexibility index (Phi) is 4.48. The van der Waals surface area contributed by atoms with Crippen molar-refractivity contribution in [3.8, 4) is 5.75 Å². The second-order valence-corrected chi connectivity index (χ2v) is 5.86. The zero-order chi connectivity index (χ0) is 15.5. The van der Waals surface area contributed by atoms with Crippen molar-refractivity contribution in [1.82, 2.24) is 4.98 Å². The van der Waals surface area contributed by atoms with Crippen LogP contribution in [0.3, 0.4) is 0 Å². The van der Waals surface area contributed by atoms with Gasteiger partial charge in [-0.15, -0.1) is 0 Å². The number of hydrogen-bond donors (Lipinski definition) is 0. The Bertz CT molecular complexity index is 640. The number of anilines is 1. The van der Waals surface area contributed by atoms with Gasteiger partial charge in [-0.3, -0.25) is 0 Å². The Labute approximate surface area is 134 Å². The Morgan fingerprint density at radius 3 is 2.55 bits per heavy atom. The maximum atomic E-state index is 12.9. The predicted molar refractivity (Wildman–Crippen MR) is 86.2 cm³/mol. The summed E-state index contributed by atoms with van der Waals surface area (Å²) in [6, 6.07) is 8.20. The van der Waals surface area contributed by atoms with Gasteiger partial charge in [0.05, 0.1) is 0 Å². The average molecular weight is 321 g/mol. The van der Waals surface area contributed by atoms with Gasteiger partial charge in [-0.25, -0.2) is 9.37 Å². The van der Waals surface area contributed by atoms with Gasteiger partial charge >= 0.3 is 0 Å². The van der Waals surface area contributed by atoms with Crippen LogP contribution in [0.4, 0.5) is 10.1 Å². The largest absolute Gasteiger partial charge is 0.490 e. The van der Waals surface area contributed by atoms with Crippen LogP contribution >= 0.6 is 11.6 Å². The zero-order valence-electron chi connectivity index (χ0n) is 12.4. The Hall–Kier alpha value is -1.81. The van der Waals surface area contributed by atoms with Gasteiger partial charge in [0, 0.05) is 43.4 Å². The number of halogens is 2. The lowest BCUT2D eigenvalue weighted by molar-refractivity contribution is 0.170. The smallest absolute Gasteiger partial charge is 0.133 e. The summed E-state index contributed by atoms with van der Waals surface area (Å²) in [6.45, 7) is 3.81. The summed E-state index contributed by atoms with van der Waals surface area (Å²) in [5.41, 5.74) is 2.15. The molecule has 1 fully saturated rings. The van der Waals surface area contributed by atoms with Crippen molar-refractivity contribution in [2.75, 3.05) is 18.0 Å². The summed E-state index contributed by atoms with van der Waals surface area (Å²) in [5.74, 6) is 0.482. The summed E-state index contributed by atoms with van der Waals surface area (Å²) in [7, 11) is 0. The number of rotatable bonds is 3. The lowest BCUT2D eigenvalue weighted by Gasteiger charge is -2.34. The molecule has 116 valence electrons. The fourth-order valence-electron chi connectivity index (χ4n) is 2.76. The standard InChI is InChI=1S/C17H18ClFN2O/c1-12-16(6-9-20-17(12)18)21-10-7-15(8-11-21)22-14-4-2-13(19)3-5-14/h2-6,9,15H,7-8,10-11H2,1H3. The second kappa shape index (κ2) is 6.53. The van der Waals surface area contributed by atoms with E-state index in [1.165, 1.54) is 12.1 Å². The molecule has 0 aliphatic carbocycles. The lowest BCUT2D eigenvalue weighted by Crippen LogP contribution is -2.38. The van der Waals surface area contributed by atoms with Crippen LogP contribution in [0.2, 0.25) is 5.15 Å². The normalized spacial score (nSPS) is 15.9. The van der Waals surface area contributed by atoms with Crippen LogP contribution < -0.4 is 9.64 Å². The van der Waals surface area contributed by atoms with E-state index < -0.39 is 0 Å². The van der Waals surface area contributed by atoms with E-state index in [2.05, 4.69) is 9.88 Å². The van der Waals surface area contributed by atoms with Crippen molar-refractivity contribution in [3.63, 3.8) is 0 Å². The van der Waals surface area contributed by atoms with E-state index in [1.807, 2.05) is 13.0 Å². The first-order chi connectivity index (χ1) is 10.6. The molecule has 3 rings (SSSR count). The molecular formula is C17H18ClFN2O. The summed E-state index contributed by atoms with van der Waals surface area (Å²) in [4.78, 5) is 6.41. The van der Waals surface area contributed by atoms with Gasteiger partial charge in [0.25, 0.3) is 0 Å². The Morgan fingerprint density at radius 2 is 1.86 bits per heavy atom. The summed E-state index contributed by atoms with van der Waals surface area (Å²) in [5, 5.41) is 0.558. The van der Waals surface area contributed by atoms with Crippen LogP contribution in [0.15, 0.2) is 36.5 Å². The molecule has 5 heteroatoms. The van der Waals surface area contributed by atoms with E-state index in [9.17, 15) is 4.39 Å². The third-order valence-corrected chi connectivity index (χ3v) is 4.39. The van der Waals surface area contributed by atoms with E-state index in [4.69, 9.17) is 16.3 Å². The van der Waals surface area contributed by atoms with Crippen molar-refractivity contribution in [2.24, 2.45) is 0 Å². The van der Waals surface area contributed by atoms with E-state index in [1.54, 1.807) is 18.3 Å². The minimum Gasteiger partial charge on any atom is -0.490 e. The minimum atomic E-state index is -0.243. The van der Waals surface area contributed by atoms with Crippen molar-refractivity contribution in [1.29, 1.82) is 0 Å². The molecule has 3 nitrogen and oxygen atoms in total. The molecule has 0 bridgehead atoms. The molecular weight excluding hydrogens is 303 g/mol. The lowest BCUT2D eigenvalue weighted by atomic mass is 10.1. The molecule has 1 aliphatic rings. The van der Waals surface area contributed by atoms with Crippen LogP contribution in [0.1, 0.15) is 18.4 Å². The van der Waals surface area contributed by atoms with Gasteiger partial charge in [0.1, 0.15) is 22.8 Å². The zero-order valence-corrected chi connectivity index (χ0v) is 13.2. The number of hydrogen-bond acceptors (Lipinski definition) is 3. The van der Waals surface area contributed by atoms with Gasteiger partial charge < -0.3 is 9.64 Å². The first kappa shape index (κ1) is 15.1. The maximum absolute atomic E-state index is 12.9. The topological polar surface area (TPSA) is 25.4 Å². The molecule has 0 saturated carbocycles. The van der Waals surface area contributed by atoms with Crippen LogP contribution in [0.5, 0.6) is 5.75 Å². The molecule has 0 atom stereocenters. The van der Waals surface area contributed by atoms with E-state index >= 15 is 0 Å². The van der Waals surface area contributed by atoms with E-state index in [-0.39, 0.29) is 11.9 Å². The Morgan fingerprint density at radius 1 is 1.18 bits per heavy atom. The fraction of sp³-hybridized carbons (Fsp3) is 0.353. The maximum Gasteiger partial charge on any atom is 0.133 e. The molecule has 1 aliphatic heterocycles. The molecule has 2 heterocycles. The number of ether oxygens (including phenoxy) is 1. The molecule has 0 amide bonds. The highest BCUT2D eigenvalue weighted by molar-refractivity contribution is 6.30. The van der Waals surface area contributed by atoms with Gasteiger partial charge in [-0.1, -0.05) is 11.6 Å². The molecule has 0 unspecified atom stereocenters. The number of piperidine rings is 1. The third kappa shape index (κ3) is 3.33. The van der Waals surface area contributed by atoms with E-state index in [0.29, 0.717) is 5.15 Å². The quantitative estimate of drug-likeness (QED) is 0.791. The monoisotopic (exact) mass is 320 g/mol. The third-order valence-electron chi connectivity index (χ3n) is 4.01. The molecule has 0 spiro atoms. The highest BCUT2D eigenvalue weighted by Crippen LogP contribution is 2.28. The molecule has 1 aromatic heterocycles. The number of nitrogens with zero attached hydrogens (tertiary/aromatic N) is 2. The number of pyridine rings is 1. The highest BCUT2D eigenvalue weighted by atomic mass is 35.5. The molecule has 1 saturated heterocycles. The number of benzene rings is 1. The van der Waals surface area contributed by atoms with Crippen LogP contribution in [-0.4, -0.2) is 24.2 Å². The molecule has 0 radical (unpaired) electrons. The van der Waals surface area contributed by atoms with Crippen LogP contribution in [0, 0.1) is 12.7 Å². The number of aromatic nitrogens is 1. The van der Waals surface area contributed by atoms with Gasteiger partial charge in [0.15, 0.2) is 0 Å². The van der Waals surface area contributed by atoms with Crippen LogP contribution in [0.25, 0.3) is 0 Å². The van der Waals surface area contributed by atoms with Crippen molar-refractivity contribution >= 4 is 17.3 Å². The van der Waals surface area contributed by atoms with Gasteiger partial charge in [-0.05, 0) is 37.3 Å². The molecule has 1 aromatic carbocycles. The van der Waals surface area contributed by atoms with Crippen molar-refractivity contribution < 1.29 is 9.13 Å². The first-order valence-corrected chi connectivity index (χ1v) is 7.79. The summed E-state index contributed by atoms with van der Waals surface area (Å²) >= 11 is 6.09. The SMILES string of the molecule is Cc1c(N2CCC(Oc3ccc(F)cc3)CC2)ccnc1Cl. The average Bonchev–Trinajstić information content (AvgIpc) is 2.53. The summed E-state index contributed by atoms with van der Waals surface area (Å²) < 4.78 is 18.8. The Balaban J connectivity index is 1.60. The minimum absolute atomic E-state index is 0.166. The second-order valence-electron chi connectivity index (χ2n) is 5.50. The fourth-order valence-corrected chi connectivity index (χ4v) is 2.92. The van der Waals surface area contributed by atoms with Gasteiger partial charge in [0.2, 0.25) is 0 Å².